The van der Waals surface area contributed by atoms with E-state index in [0.717, 1.165) is 9.80 Å². The number of rotatable bonds is 15. The van der Waals surface area contributed by atoms with Gasteiger partial charge in [-0.15, -0.1) is 0 Å². The van der Waals surface area contributed by atoms with E-state index in [1.165, 1.54) is 87.7 Å². The number of hydrogen-bond donors (Lipinski definition) is 5. The Kier molecular flexibility index (Phi) is 31.1. The fourth-order valence-corrected chi connectivity index (χ4v) is 10.8. The third-order valence-corrected chi connectivity index (χ3v) is 16.1. The van der Waals surface area contributed by atoms with Crippen LogP contribution in [-0.4, -0.2) is 227 Å². The molecule has 1 aliphatic rings. The van der Waals surface area contributed by atoms with Gasteiger partial charge in [-0.1, -0.05) is 110 Å². The van der Waals surface area contributed by atoms with Gasteiger partial charge >= 0.3 is 0 Å². The zero-order chi connectivity index (χ0) is 65.3. The van der Waals surface area contributed by atoms with Gasteiger partial charge in [0.1, 0.15) is 60.4 Å². The first-order chi connectivity index (χ1) is 38.7. The number of carbonyl (C=O) groups is 11. The maximum atomic E-state index is 15.1. The van der Waals surface area contributed by atoms with Gasteiger partial charge in [-0.05, 0) is 93.8 Å². The lowest BCUT2D eigenvalue weighted by Gasteiger charge is -2.41. The lowest BCUT2D eigenvalue weighted by atomic mass is 9.91. The monoisotopic (exact) mass is 1190 g/mol. The summed E-state index contributed by atoms with van der Waals surface area (Å²) in [6.07, 6.45) is 0.314. The van der Waals surface area contributed by atoms with Gasteiger partial charge in [-0.3, -0.25) is 52.7 Å². The van der Waals surface area contributed by atoms with Gasteiger partial charge in [0.05, 0.1) is 12.6 Å². The number of carbonyl (C=O) groups excluding carboxylic acids is 11. The first-order valence-corrected chi connectivity index (χ1v) is 30.5. The van der Waals surface area contributed by atoms with E-state index >= 15 is 9.59 Å². The Labute approximate surface area is 503 Å². The van der Waals surface area contributed by atoms with Crippen molar-refractivity contribution in [2.45, 2.75) is 229 Å². The molecule has 0 radical (unpaired) electrons. The van der Waals surface area contributed by atoms with Crippen molar-refractivity contribution in [3.63, 3.8) is 0 Å². The zero-order valence-electron chi connectivity index (χ0n) is 55.6. The molecule has 84 heavy (non-hydrogen) atoms. The number of likely N-dealkylation sites (N-methyl/N-ethyl adjacent to an activating group) is 7. The average molecular weight is 1190 g/mol. The molecule has 11 amide bonds. The Morgan fingerprint density at radius 3 is 1.27 bits per heavy atom. The Hall–Kier alpha value is -5.87. The molecule has 12 atom stereocenters. The second kappa shape index (κ2) is 34.3. The van der Waals surface area contributed by atoms with E-state index in [1.54, 1.807) is 41.5 Å². The second-order valence-corrected chi connectivity index (χ2v) is 26.1. The van der Waals surface area contributed by atoms with Crippen LogP contribution >= 0.6 is 0 Å². The lowest BCUT2D eigenvalue weighted by Crippen LogP contribution is -2.63. The van der Waals surface area contributed by atoms with Gasteiger partial charge in [0, 0.05) is 49.3 Å². The summed E-state index contributed by atoms with van der Waals surface area (Å²) < 4.78 is 0. The molecule has 1 heterocycles. The first kappa shape index (κ1) is 76.1. The Bertz CT molecular complexity index is 2260. The lowest BCUT2D eigenvalue weighted by molar-refractivity contribution is -0.157. The third kappa shape index (κ3) is 21.0. The highest BCUT2D eigenvalue weighted by Crippen LogP contribution is 2.26. The van der Waals surface area contributed by atoms with Crippen molar-refractivity contribution in [3.05, 3.63) is 0 Å². The Balaban J connectivity index is 4.30. The SMILES string of the molecule is CCC[C@H](C)[C@H](O)C1C(=O)N[C@H](CC)C(=O)N(C)CC(=O)N(C)[C@H](CC(C)C)C(=O)N[C@H](C(C)C)C(=O)N(C)[C@H](CC(C)C)C(=O)N[C@H](C)C(=O)N[C@H](C)C(=O)N(C)[C@H](CC(C)C)C(=O)N(C)[C@H](CC(C)C)C(=O)N(C)[C@H](C(C)C)C(=O)N1C. The van der Waals surface area contributed by atoms with Crippen LogP contribution in [0, 0.1) is 41.4 Å². The summed E-state index contributed by atoms with van der Waals surface area (Å²) in [5.74, 6) is -9.52. The second-order valence-electron chi connectivity index (χ2n) is 26.1. The first-order valence-electron chi connectivity index (χ1n) is 30.5. The molecule has 0 bridgehead atoms. The number of nitrogens with one attached hydrogen (secondary N) is 4. The molecule has 0 aromatic heterocycles. The number of aliphatic hydroxyl groups excluding tert-OH is 1. The molecular formula is C61H111N11O12. The summed E-state index contributed by atoms with van der Waals surface area (Å²) >= 11 is 0. The van der Waals surface area contributed by atoms with Crippen LogP contribution in [-0.2, 0) is 52.7 Å². The minimum Gasteiger partial charge on any atom is -0.390 e. The molecule has 482 valence electrons. The standard InChI is InChI=1S/C61H111N11O12/c1-25-27-39(15)51(74)50-55(78)64-42(26-2)57(80)66(18)32-47(73)67(19)43(28-33(3)4)54(77)65-48(37(11)12)60(83)68(20)44(29-34(5)6)53(76)62-40(16)52(75)63-41(17)56(79)69(21)45(30-35(7)8)58(81)70(22)46(31-36(9)10)59(82)71(23)49(38(13)14)61(84)72(50)24/h33-46,48-51,74H,25-32H2,1-24H3,(H,62,76)(H,63,75)(H,64,78)(H,65,77)/t39-,40+,41+,42+,43+,44+,45+,46+,48+,49+,50?,51-/m0/s1. The minimum atomic E-state index is -1.58. The molecule has 0 aromatic rings. The molecule has 1 rings (SSSR count). The minimum absolute atomic E-state index is 0.0332. The molecule has 1 aliphatic heterocycles. The molecule has 23 heteroatoms. The third-order valence-electron chi connectivity index (χ3n) is 16.1. The summed E-state index contributed by atoms with van der Waals surface area (Å²) in [5.41, 5.74) is 0. The Morgan fingerprint density at radius 1 is 0.429 bits per heavy atom. The van der Waals surface area contributed by atoms with Crippen LogP contribution in [0.25, 0.3) is 0 Å². The number of aliphatic hydroxyl groups is 1. The quantitative estimate of drug-likeness (QED) is 0.158. The van der Waals surface area contributed by atoms with Gasteiger partial charge < -0.3 is 60.7 Å². The van der Waals surface area contributed by atoms with E-state index in [-0.39, 0.29) is 55.8 Å². The molecule has 0 aliphatic carbocycles. The van der Waals surface area contributed by atoms with Gasteiger partial charge in [-0.2, -0.15) is 0 Å². The van der Waals surface area contributed by atoms with E-state index in [4.69, 9.17) is 0 Å². The molecule has 5 N–H and O–H groups in total. The summed E-state index contributed by atoms with van der Waals surface area (Å²) in [6.45, 7) is 29.5. The molecule has 1 fully saturated rings. The average Bonchev–Trinajstić information content (AvgIpc) is 3.52. The smallest absolute Gasteiger partial charge is 0.246 e. The molecule has 1 unspecified atom stereocenters. The van der Waals surface area contributed by atoms with E-state index in [9.17, 15) is 48.3 Å². The number of nitrogens with zero attached hydrogens (tertiary/aromatic N) is 7. The maximum absolute atomic E-state index is 15.1. The highest BCUT2D eigenvalue weighted by Gasteiger charge is 2.45. The number of amides is 11. The van der Waals surface area contributed by atoms with Crippen molar-refractivity contribution in [3.8, 4) is 0 Å². The molecule has 0 aromatic carbocycles. The van der Waals surface area contributed by atoms with Crippen LogP contribution < -0.4 is 21.3 Å². The summed E-state index contributed by atoms with van der Waals surface area (Å²) in [7, 11) is 9.94. The fraction of sp³-hybridized carbons (Fsp3) is 0.820. The van der Waals surface area contributed by atoms with Crippen LogP contribution in [0.3, 0.4) is 0 Å². The Morgan fingerprint density at radius 2 is 0.833 bits per heavy atom. The zero-order valence-corrected chi connectivity index (χ0v) is 55.6. The normalized spacial score (nSPS) is 27.0. The largest absolute Gasteiger partial charge is 0.390 e. The van der Waals surface area contributed by atoms with Gasteiger partial charge in [-0.25, -0.2) is 0 Å². The summed E-state index contributed by atoms with van der Waals surface area (Å²) in [5, 5.41) is 23.0. The van der Waals surface area contributed by atoms with E-state index < -0.39 is 156 Å². The topological polar surface area (TPSA) is 279 Å². The van der Waals surface area contributed by atoms with Crippen molar-refractivity contribution in [1.82, 2.24) is 55.6 Å². The highest BCUT2D eigenvalue weighted by molar-refractivity contribution is 5.99. The van der Waals surface area contributed by atoms with Crippen LogP contribution in [0.2, 0.25) is 0 Å². The van der Waals surface area contributed by atoms with Crippen LogP contribution in [0.5, 0.6) is 0 Å². The molecule has 0 spiro atoms. The fourth-order valence-electron chi connectivity index (χ4n) is 10.8. The van der Waals surface area contributed by atoms with Gasteiger partial charge in [0.25, 0.3) is 0 Å². The molecule has 1 saturated heterocycles. The van der Waals surface area contributed by atoms with Crippen LogP contribution in [0.4, 0.5) is 0 Å². The van der Waals surface area contributed by atoms with Gasteiger partial charge in [0.15, 0.2) is 0 Å². The molecular weight excluding hydrogens is 1080 g/mol. The van der Waals surface area contributed by atoms with Crippen molar-refractivity contribution in [2.75, 3.05) is 55.9 Å². The predicted molar refractivity (Wildman–Crippen MR) is 324 cm³/mol. The summed E-state index contributed by atoms with van der Waals surface area (Å²) in [6, 6.07) is -12.2. The maximum Gasteiger partial charge on any atom is 0.246 e. The summed E-state index contributed by atoms with van der Waals surface area (Å²) in [4.78, 5) is 168. The van der Waals surface area contributed by atoms with Crippen molar-refractivity contribution in [2.24, 2.45) is 41.4 Å². The van der Waals surface area contributed by atoms with E-state index in [0.29, 0.717) is 12.8 Å². The van der Waals surface area contributed by atoms with Crippen molar-refractivity contribution in [1.29, 1.82) is 0 Å². The van der Waals surface area contributed by atoms with E-state index in [2.05, 4.69) is 21.3 Å². The van der Waals surface area contributed by atoms with Crippen LogP contribution in [0.1, 0.15) is 163 Å². The van der Waals surface area contributed by atoms with Crippen molar-refractivity contribution < 1.29 is 57.8 Å². The molecule has 0 saturated carbocycles. The molecule has 23 nitrogen and oxygen atoms in total. The number of hydrogen-bond acceptors (Lipinski definition) is 12. The van der Waals surface area contributed by atoms with Gasteiger partial charge in [0.2, 0.25) is 65.0 Å². The predicted octanol–water partition coefficient (Wildman–Crippen LogP) is 3.10. The van der Waals surface area contributed by atoms with Crippen LogP contribution in [0.15, 0.2) is 0 Å². The highest BCUT2D eigenvalue weighted by atomic mass is 16.3. The van der Waals surface area contributed by atoms with Crippen molar-refractivity contribution >= 4 is 65.0 Å². The van der Waals surface area contributed by atoms with E-state index in [1.807, 2.05) is 62.3 Å².